The van der Waals surface area contributed by atoms with E-state index in [2.05, 4.69) is 10.1 Å². The molecule has 0 radical (unpaired) electrons. The Morgan fingerprint density at radius 3 is 2.29 bits per heavy atom. The van der Waals surface area contributed by atoms with Gasteiger partial charge in [-0.1, -0.05) is 0 Å². The van der Waals surface area contributed by atoms with Crippen LogP contribution in [0.2, 0.25) is 0 Å². The molecule has 0 unspecified atom stereocenters. The zero-order valence-corrected chi connectivity index (χ0v) is 12.9. The molecule has 1 saturated heterocycles. The highest BCUT2D eigenvalue weighted by atomic mass is 19.2. The normalized spacial score (nSPS) is 16.1. The van der Waals surface area contributed by atoms with Crippen molar-refractivity contribution in [1.29, 1.82) is 0 Å². The molecule has 0 aliphatic carbocycles. The molecule has 0 saturated carbocycles. The van der Waals surface area contributed by atoms with Gasteiger partial charge in [0, 0.05) is 20.0 Å². The Morgan fingerprint density at radius 1 is 1.17 bits per heavy atom. The van der Waals surface area contributed by atoms with Crippen LogP contribution in [0.4, 0.5) is 14.5 Å². The van der Waals surface area contributed by atoms with Crippen LogP contribution in [0.25, 0.3) is 0 Å². The second kappa shape index (κ2) is 6.26. The number of rotatable bonds is 3. The van der Waals surface area contributed by atoms with E-state index >= 15 is 0 Å². The lowest BCUT2D eigenvalue weighted by Crippen LogP contribution is -2.42. The van der Waals surface area contributed by atoms with Crippen molar-refractivity contribution in [2.45, 2.75) is 19.6 Å². The molecular weight excluding hydrogens is 328 g/mol. The van der Waals surface area contributed by atoms with Crippen molar-refractivity contribution < 1.29 is 37.4 Å². The summed E-state index contributed by atoms with van der Waals surface area (Å²) < 4.78 is 41.7. The second-order valence-corrected chi connectivity index (χ2v) is 5.16. The summed E-state index contributed by atoms with van der Waals surface area (Å²) in [7, 11) is 1.03. The zero-order valence-electron chi connectivity index (χ0n) is 12.9. The Labute approximate surface area is 135 Å². The van der Waals surface area contributed by atoms with Crippen LogP contribution < -0.4 is 5.32 Å². The molecule has 0 bridgehead atoms. The van der Waals surface area contributed by atoms with E-state index < -0.39 is 52.2 Å². The number of halogens is 2. The highest BCUT2D eigenvalue weighted by molar-refractivity contribution is 6.15. The number of benzene rings is 1. The van der Waals surface area contributed by atoms with Gasteiger partial charge in [0.1, 0.15) is 0 Å². The molecule has 128 valence electrons. The third-order valence-corrected chi connectivity index (χ3v) is 2.98. The average molecular weight is 341 g/mol. The number of ether oxygens (including phenoxy) is 3. The molecule has 0 atom stereocenters. The van der Waals surface area contributed by atoms with E-state index in [0.29, 0.717) is 0 Å². The zero-order chi connectivity index (χ0) is 18.1. The van der Waals surface area contributed by atoms with Crippen molar-refractivity contribution in [3.8, 4) is 0 Å². The lowest BCUT2D eigenvalue weighted by atomic mass is 10.1. The quantitative estimate of drug-likeness (QED) is 0.510. The number of hydrogen-bond donors (Lipinski definition) is 1. The Balaban J connectivity index is 2.26. The molecule has 0 amide bonds. The van der Waals surface area contributed by atoms with Gasteiger partial charge in [0.15, 0.2) is 17.2 Å². The first kappa shape index (κ1) is 17.4. The van der Waals surface area contributed by atoms with Crippen LogP contribution in [0.15, 0.2) is 23.9 Å². The molecule has 1 fully saturated rings. The Morgan fingerprint density at radius 2 is 1.75 bits per heavy atom. The fraction of sp³-hybridized carbons (Fsp3) is 0.267. The maximum absolute atomic E-state index is 13.9. The first-order chi connectivity index (χ1) is 11.2. The highest BCUT2D eigenvalue weighted by Gasteiger charge is 2.39. The second-order valence-electron chi connectivity index (χ2n) is 5.16. The Hall–Kier alpha value is -2.97. The molecule has 1 aromatic rings. The van der Waals surface area contributed by atoms with Crippen LogP contribution in [0.5, 0.6) is 0 Å². The molecule has 1 N–H and O–H groups in total. The third-order valence-electron chi connectivity index (χ3n) is 2.98. The van der Waals surface area contributed by atoms with Crippen molar-refractivity contribution >= 4 is 23.6 Å². The van der Waals surface area contributed by atoms with Gasteiger partial charge < -0.3 is 19.5 Å². The lowest BCUT2D eigenvalue weighted by Gasteiger charge is -2.29. The van der Waals surface area contributed by atoms with E-state index in [4.69, 9.17) is 9.47 Å². The predicted molar refractivity (Wildman–Crippen MR) is 75.7 cm³/mol. The molecule has 1 aliphatic rings. The summed E-state index contributed by atoms with van der Waals surface area (Å²) in [4.78, 5) is 34.7. The summed E-state index contributed by atoms with van der Waals surface area (Å²) in [5, 5.41) is 2.27. The van der Waals surface area contributed by atoms with Crippen molar-refractivity contribution in [2.75, 3.05) is 12.4 Å². The molecule has 2 rings (SSSR count). The van der Waals surface area contributed by atoms with E-state index in [1.807, 2.05) is 0 Å². The Kier molecular flexibility index (Phi) is 4.54. The summed E-state index contributed by atoms with van der Waals surface area (Å²) in [6.45, 7) is 2.74. The van der Waals surface area contributed by atoms with Crippen molar-refractivity contribution in [3.05, 3.63) is 41.1 Å². The number of cyclic esters (lactones) is 2. The predicted octanol–water partition coefficient (Wildman–Crippen LogP) is 1.88. The monoisotopic (exact) mass is 341 g/mol. The summed E-state index contributed by atoms with van der Waals surface area (Å²) in [6, 6.07) is 2.04. The molecule has 1 aromatic carbocycles. The summed E-state index contributed by atoms with van der Waals surface area (Å²) >= 11 is 0. The SMILES string of the molecule is COC(=O)c1ccc(NC=C2C(=O)OC(C)(C)OC2=O)c(F)c1F. The fourth-order valence-electron chi connectivity index (χ4n) is 1.86. The van der Waals surface area contributed by atoms with Gasteiger partial charge in [-0.15, -0.1) is 0 Å². The van der Waals surface area contributed by atoms with Gasteiger partial charge in [-0.25, -0.2) is 23.2 Å². The number of carbonyl (C=O) groups is 3. The maximum atomic E-state index is 13.9. The van der Waals surface area contributed by atoms with E-state index in [1.165, 1.54) is 13.8 Å². The van der Waals surface area contributed by atoms with Crippen LogP contribution in [-0.2, 0) is 23.8 Å². The van der Waals surface area contributed by atoms with Crippen LogP contribution in [-0.4, -0.2) is 30.8 Å². The van der Waals surface area contributed by atoms with Gasteiger partial charge >= 0.3 is 17.9 Å². The number of carbonyl (C=O) groups excluding carboxylic acids is 3. The highest BCUT2D eigenvalue weighted by Crippen LogP contribution is 2.24. The smallest absolute Gasteiger partial charge is 0.350 e. The van der Waals surface area contributed by atoms with E-state index in [1.54, 1.807) is 0 Å². The average Bonchev–Trinajstić information content (AvgIpc) is 2.48. The van der Waals surface area contributed by atoms with Crippen LogP contribution in [0.1, 0.15) is 24.2 Å². The largest absolute Gasteiger partial charge is 0.465 e. The van der Waals surface area contributed by atoms with E-state index in [0.717, 1.165) is 25.4 Å². The number of esters is 3. The van der Waals surface area contributed by atoms with Crippen molar-refractivity contribution in [3.63, 3.8) is 0 Å². The van der Waals surface area contributed by atoms with E-state index in [9.17, 15) is 23.2 Å². The number of hydrogen-bond acceptors (Lipinski definition) is 7. The minimum atomic E-state index is -1.43. The molecule has 1 heterocycles. The summed E-state index contributed by atoms with van der Waals surface area (Å²) in [5.74, 6) is -7.22. The lowest BCUT2D eigenvalue weighted by molar-refractivity contribution is -0.222. The topological polar surface area (TPSA) is 90.9 Å². The Bertz CT molecular complexity index is 735. The fourth-order valence-corrected chi connectivity index (χ4v) is 1.86. The van der Waals surface area contributed by atoms with E-state index in [-0.39, 0.29) is 0 Å². The molecular formula is C15H13F2NO6. The molecule has 24 heavy (non-hydrogen) atoms. The molecule has 0 spiro atoms. The van der Waals surface area contributed by atoms with Gasteiger partial charge in [0.05, 0.1) is 18.4 Å². The first-order valence-corrected chi connectivity index (χ1v) is 6.66. The minimum absolute atomic E-state index is 0.405. The number of methoxy groups -OCH3 is 1. The standard InChI is InChI=1S/C15H13F2NO6/c1-15(2)23-13(20)8(14(21)24-15)6-18-9-5-4-7(12(19)22-3)10(16)11(9)17/h4-6,18H,1-3H3. The van der Waals surface area contributed by atoms with Gasteiger partial charge in [0.2, 0.25) is 0 Å². The third kappa shape index (κ3) is 3.34. The van der Waals surface area contributed by atoms with Crippen molar-refractivity contribution in [1.82, 2.24) is 0 Å². The summed E-state index contributed by atoms with van der Waals surface area (Å²) in [6.07, 6.45) is 0.829. The van der Waals surface area contributed by atoms with Gasteiger partial charge in [-0.3, -0.25) is 0 Å². The van der Waals surface area contributed by atoms with Crippen molar-refractivity contribution in [2.24, 2.45) is 0 Å². The molecule has 7 nitrogen and oxygen atoms in total. The maximum Gasteiger partial charge on any atom is 0.350 e. The molecule has 9 heteroatoms. The summed E-state index contributed by atoms with van der Waals surface area (Å²) in [5.41, 5.74) is -1.52. The van der Waals surface area contributed by atoms with Gasteiger partial charge in [0.25, 0.3) is 5.79 Å². The van der Waals surface area contributed by atoms with Gasteiger partial charge in [-0.05, 0) is 12.1 Å². The molecule has 0 aromatic heterocycles. The number of anilines is 1. The number of nitrogens with one attached hydrogen (secondary N) is 1. The van der Waals surface area contributed by atoms with Crippen LogP contribution in [0.3, 0.4) is 0 Å². The van der Waals surface area contributed by atoms with Gasteiger partial charge in [-0.2, -0.15) is 0 Å². The minimum Gasteiger partial charge on any atom is -0.465 e. The molecule has 1 aliphatic heterocycles. The van der Waals surface area contributed by atoms with Crippen LogP contribution >= 0.6 is 0 Å². The first-order valence-electron chi connectivity index (χ1n) is 6.66. The van der Waals surface area contributed by atoms with Crippen LogP contribution in [0, 0.1) is 11.6 Å².